The fraction of sp³-hybridized carbons (Fsp3) is 0.364. The van der Waals surface area contributed by atoms with Gasteiger partial charge in [0.15, 0.2) is 0 Å². The van der Waals surface area contributed by atoms with Gasteiger partial charge in [-0.15, -0.1) is 0 Å². The van der Waals surface area contributed by atoms with Gasteiger partial charge in [0.05, 0.1) is 33.0 Å². The third-order valence-corrected chi connectivity index (χ3v) is 4.32. The minimum Gasteiger partial charge on any atom is -0.496 e. The summed E-state index contributed by atoms with van der Waals surface area (Å²) in [5.41, 5.74) is 1.51. The first kappa shape index (κ1) is 22.2. The molecular formula is C22H29N3O4. The van der Waals surface area contributed by atoms with Crippen LogP contribution in [0.3, 0.4) is 0 Å². The first-order chi connectivity index (χ1) is 14.1. The van der Waals surface area contributed by atoms with E-state index in [0.717, 1.165) is 17.7 Å². The van der Waals surface area contributed by atoms with Gasteiger partial charge in [0, 0.05) is 12.1 Å². The molecule has 0 aliphatic rings. The number of nitrogens with one attached hydrogen (secondary N) is 2. The number of anilines is 1. The lowest BCUT2D eigenvalue weighted by molar-refractivity contribution is -0.123. The quantitative estimate of drug-likeness (QED) is 0.607. The Bertz CT molecular complexity index is 810. The topological polar surface area (TPSA) is 79.9 Å². The molecule has 7 nitrogen and oxygen atoms in total. The third kappa shape index (κ3) is 7.12. The van der Waals surface area contributed by atoms with Gasteiger partial charge in [-0.3, -0.25) is 14.5 Å². The zero-order chi connectivity index (χ0) is 21.1. The number of carbonyl (C=O) groups is 2. The molecule has 0 atom stereocenters. The molecule has 0 saturated heterocycles. The molecule has 2 aromatic rings. The van der Waals surface area contributed by atoms with Crippen molar-refractivity contribution in [3.8, 4) is 11.5 Å². The lowest BCUT2D eigenvalue weighted by Crippen LogP contribution is -2.41. The Kier molecular flexibility index (Phi) is 8.98. The van der Waals surface area contributed by atoms with E-state index >= 15 is 0 Å². The van der Waals surface area contributed by atoms with Gasteiger partial charge in [-0.05, 0) is 31.2 Å². The van der Waals surface area contributed by atoms with E-state index in [-0.39, 0.29) is 24.9 Å². The van der Waals surface area contributed by atoms with Crippen molar-refractivity contribution in [3.63, 3.8) is 0 Å². The molecule has 2 rings (SSSR count). The van der Waals surface area contributed by atoms with Gasteiger partial charge in [-0.1, -0.05) is 37.3 Å². The van der Waals surface area contributed by atoms with E-state index in [1.54, 1.807) is 26.4 Å². The zero-order valence-corrected chi connectivity index (χ0v) is 17.2. The largest absolute Gasteiger partial charge is 0.496 e. The molecule has 156 valence electrons. The minimum absolute atomic E-state index is 0.119. The highest BCUT2D eigenvalue weighted by Crippen LogP contribution is 2.22. The molecule has 0 bridgehead atoms. The summed E-state index contributed by atoms with van der Waals surface area (Å²) in [7, 11) is 3.16. The summed E-state index contributed by atoms with van der Waals surface area (Å²) >= 11 is 0. The molecule has 7 heteroatoms. The second-order valence-corrected chi connectivity index (χ2v) is 6.55. The van der Waals surface area contributed by atoms with E-state index < -0.39 is 0 Å². The van der Waals surface area contributed by atoms with Gasteiger partial charge in [-0.2, -0.15) is 0 Å². The van der Waals surface area contributed by atoms with Crippen LogP contribution in [0.4, 0.5) is 5.69 Å². The van der Waals surface area contributed by atoms with Gasteiger partial charge in [0.1, 0.15) is 11.5 Å². The number of para-hydroxylation sites is 3. The SMILES string of the molecule is CCCN(CC(=O)NCc1ccccc1OC)CC(=O)Nc1ccccc1OC. The molecule has 0 aromatic heterocycles. The van der Waals surface area contributed by atoms with Crippen LogP contribution in [0, 0.1) is 0 Å². The summed E-state index contributed by atoms with van der Waals surface area (Å²) in [5, 5.41) is 5.73. The molecule has 0 spiro atoms. The molecule has 2 amide bonds. The van der Waals surface area contributed by atoms with Gasteiger partial charge in [-0.25, -0.2) is 0 Å². The Balaban J connectivity index is 1.89. The molecule has 2 aromatic carbocycles. The maximum Gasteiger partial charge on any atom is 0.238 e. The average molecular weight is 399 g/mol. The summed E-state index contributed by atoms with van der Waals surface area (Å²) in [4.78, 5) is 26.7. The van der Waals surface area contributed by atoms with Gasteiger partial charge >= 0.3 is 0 Å². The van der Waals surface area contributed by atoms with Crippen molar-refractivity contribution in [1.82, 2.24) is 10.2 Å². The molecular weight excluding hydrogens is 370 g/mol. The minimum atomic E-state index is -0.194. The number of methoxy groups -OCH3 is 2. The molecule has 0 heterocycles. The maximum absolute atomic E-state index is 12.5. The summed E-state index contributed by atoms with van der Waals surface area (Å²) in [6.07, 6.45) is 0.835. The van der Waals surface area contributed by atoms with Crippen LogP contribution in [-0.2, 0) is 16.1 Å². The summed E-state index contributed by atoms with van der Waals surface area (Å²) in [6.45, 7) is 3.28. The third-order valence-electron chi connectivity index (χ3n) is 4.32. The number of rotatable bonds is 11. The van der Waals surface area contributed by atoms with Crippen molar-refractivity contribution in [1.29, 1.82) is 0 Å². The van der Waals surface area contributed by atoms with Crippen molar-refractivity contribution >= 4 is 17.5 Å². The van der Waals surface area contributed by atoms with Crippen molar-refractivity contribution < 1.29 is 19.1 Å². The Morgan fingerprint density at radius 2 is 1.52 bits per heavy atom. The Hall–Kier alpha value is -3.06. The molecule has 0 radical (unpaired) electrons. The standard InChI is InChI=1S/C22H29N3O4/c1-4-13-25(16-22(27)24-18-10-6-8-12-20(18)29-3)15-21(26)23-14-17-9-5-7-11-19(17)28-2/h5-12H,4,13-16H2,1-3H3,(H,23,26)(H,24,27). The van der Waals surface area contributed by atoms with Crippen LogP contribution in [0.5, 0.6) is 11.5 Å². The predicted molar refractivity (Wildman–Crippen MR) is 113 cm³/mol. The molecule has 29 heavy (non-hydrogen) atoms. The van der Waals surface area contributed by atoms with Crippen LogP contribution in [0.15, 0.2) is 48.5 Å². The van der Waals surface area contributed by atoms with Gasteiger partial charge in [0.2, 0.25) is 11.8 Å². The molecule has 0 saturated carbocycles. The van der Waals surface area contributed by atoms with E-state index in [2.05, 4.69) is 10.6 Å². The van der Waals surface area contributed by atoms with Crippen molar-refractivity contribution in [3.05, 3.63) is 54.1 Å². The first-order valence-corrected chi connectivity index (χ1v) is 9.61. The summed E-state index contributed by atoms with van der Waals surface area (Å²) in [6, 6.07) is 14.8. The average Bonchev–Trinajstić information content (AvgIpc) is 2.73. The van der Waals surface area contributed by atoms with E-state index in [1.807, 2.05) is 48.2 Å². The van der Waals surface area contributed by atoms with Gasteiger partial charge < -0.3 is 20.1 Å². The Labute approximate surface area is 172 Å². The second-order valence-electron chi connectivity index (χ2n) is 6.55. The van der Waals surface area contributed by atoms with Crippen LogP contribution >= 0.6 is 0 Å². The van der Waals surface area contributed by atoms with Crippen LogP contribution < -0.4 is 20.1 Å². The molecule has 0 unspecified atom stereocenters. The number of carbonyl (C=O) groups excluding carboxylic acids is 2. The van der Waals surface area contributed by atoms with Crippen molar-refractivity contribution in [2.24, 2.45) is 0 Å². The van der Waals surface area contributed by atoms with E-state index in [1.165, 1.54) is 0 Å². The lowest BCUT2D eigenvalue weighted by atomic mass is 10.2. The normalized spacial score (nSPS) is 10.5. The number of amides is 2. The summed E-state index contributed by atoms with van der Waals surface area (Å²) in [5.74, 6) is 0.988. The highest BCUT2D eigenvalue weighted by atomic mass is 16.5. The first-order valence-electron chi connectivity index (χ1n) is 9.61. The van der Waals surface area contributed by atoms with Crippen molar-refractivity contribution in [2.75, 3.05) is 39.2 Å². The van der Waals surface area contributed by atoms with E-state index in [0.29, 0.717) is 24.5 Å². The van der Waals surface area contributed by atoms with E-state index in [9.17, 15) is 9.59 Å². The van der Waals surface area contributed by atoms with Crippen LogP contribution in [0.25, 0.3) is 0 Å². The van der Waals surface area contributed by atoms with Crippen molar-refractivity contribution in [2.45, 2.75) is 19.9 Å². The molecule has 0 aliphatic carbocycles. The lowest BCUT2D eigenvalue weighted by Gasteiger charge is -2.21. The molecule has 2 N–H and O–H groups in total. The monoisotopic (exact) mass is 399 g/mol. The van der Waals surface area contributed by atoms with Crippen LogP contribution in [0.1, 0.15) is 18.9 Å². The number of hydrogen-bond acceptors (Lipinski definition) is 5. The number of hydrogen-bond donors (Lipinski definition) is 2. The predicted octanol–water partition coefficient (Wildman–Crippen LogP) is 2.67. The number of benzene rings is 2. The smallest absolute Gasteiger partial charge is 0.238 e. The highest BCUT2D eigenvalue weighted by molar-refractivity contribution is 5.94. The zero-order valence-electron chi connectivity index (χ0n) is 17.2. The summed E-state index contributed by atoms with van der Waals surface area (Å²) < 4.78 is 10.6. The molecule has 0 fully saturated rings. The fourth-order valence-corrected chi connectivity index (χ4v) is 2.97. The van der Waals surface area contributed by atoms with Crippen LogP contribution in [0.2, 0.25) is 0 Å². The fourth-order valence-electron chi connectivity index (χ4n) is 2.97. The molecule has 0 aliphatic heterocycles. The Morgan fingerprint density at radius 1 is 0.897 bits per heavy atom. The second kappa shape index (κ2) is 11.7. The van der Waals surface area contributed by atoms with Crippen LogP contribution in [-0.4, -0.2) is 50.6 Å². The highest BCUT2D eigenvalue weighted by Gasteiger charge is 2.15. The number of ether oxygens (including phenoxy) is 2. The van der Waals surface area contributed by atoms with Gasteiger partial charge in [0.25, 0.3) is 0 Å². The maximum atomic E-state index is 12.5. The Morgan fingerprint density at radius 3 is 2.21 bits per heavy atom. The van der Waals surface area contributed by atoms with E-state index in [4.69, 9.17) is 9.47 Å². The number of nitrogens with zero attached hydrogens (tertiary/aromatic N) is 1.